The van der Waals surface area contributed by atoms with Gasteiger partial charge in [-0.15, -0.1) is 0 Å². The quantitative estimate of drug-likeness (QED) is 0.521. The molecule has 0 aromatic carbocycles. The molecule has 0 saturated heterocycles. The largest absolute Gasteiger partial charge is 0.262 e. The fourth-order valence-electron chi connectivity index (χ4n) is 0.428. The highest BCUT2D eigenvalue weighted by atomic mass is 14.7. The maximum Gasteiger partial charge on any atom is 0.0369 e. The highest BCUT2D eigenvalue weighted by Crippen LogP contribution is 1.79. The molecule has 0 rings (SSSR count). The van der Waals surface area contributed by atoms with E-state index in [4.69, 9.17) is 0 Å². The zero-order valence-electron chi connectivity index (χ0n) is 7.39. The van der Waals surface area contributed by atoms with Crippen molar-refractivity contribution >= 4 is 5.71 Å². The molecule has 0 aromatic heterocycles. The van der Waals surface area contributed by atoms with Crippen molar-refractivity contribution in [2.45, 2.75) is 27.7 Å². The molecule has 0 aliphatic carbocycles. The van der Waals surface area contributed by atoms with Crippen LogP contribution in [0.4, 0.5) is 0 Å². The van der Waals surface area contributed by atoms with Crippen LogP contribution in [0, 0.1) is 0 Å². The van der Waals surface area contributed by atoms with E-state index in [1.165, 1.54) is 6.20 Å². The van der Waals surface area contributed by atoms with Crippen molar-refractivity contribution in [3.63, 3.8) is 0 Å². The Balaban J connectivity index is 0. The van der Waals surface area contributed by atoms with E-state index in [2.05, 4.69) is 11.6 Å². The zero-order valence-corrected chi connectivity index (χ0v) is 7.39. The third-order valence-corrected chi connectivity index (χ3v) is 0.703. The number of rotatable bonds is 2. The van der Waals surface area contributed by atoms with Gasteiger partial charge in [-0.3, -0.25) is 4.99 Å². The monoisotopic (exact) mass is 139 g/mol. The molecular formula is C9H17N. The lowest BCUT2D eigenvalue weighted by Gasteiger charge is -1.82. The van der Waals surface area contributed by atoms with Crippen LogP contribution < -0.4 is 0 Å². The molecule has 0 amide bonds. The molecule has 0 fully saturated rings. The van der Waals surface area contributed by atoms with Gasteiger partial charge in [-0.05, 0) is 19.9 Å². The van der Waals surface area contributed by atoms with Crippen molar-refractivity contribution < 1.29 is 0 Å². The van der Waals surface area contributed by atoms with Gasteiger partial charge in [-0.2, -0.15) is 0 Å². The Morgan fingerprint density at radius 1 is 1.40 bits per heavy atom. The summed E-state index contributed by atoms with van der Waals surface area (Å²) in [7, 11) is 0. The van der Waals surface area contributed by atoms with Crippen LogP contribution in [-0.4, -0.2) is 5.71 Å². The average Bonchev–Trinajstić information content (AvgIpc) is 1.93. The van der Waals surface area contributed by atoms with Crippen LogP contribution in [0.1, 0.15) is 27.7 Å². The summed E-state index contributed by atoms with van der Waals surface area (Å²) in [6.45, 7) is 11.4. The van der Waals surface area contributed by atoms with Gasteiger partial charge in [0.2, 0.25) is 0 Å². The molecule has 0 atom stereocenters. The van der Waals surface area contributed by atoms with E-state index in [-0.39, 0.29) is 0 Å². The van der Waals surface area contributed by atoms with E-state index >= 15 is 0 Å². The number of allylic oxidation sites excluding steroid dienone is 2. The van der Waals surface area contributed by atoms with E-state index in [0.717, 1.165) is 5.71 Å². The van der Waals surface area contributed by atoms with Gasteiger partial charge in [0.25, 0.3) is 0 Å². The first kappa shape index (κ1) is 11.9. The van der Waals surface area contributed by atoms with Crippen LogP contribution in [0.15, 0.2) is 29.9 Å². The van der Waals surface area contributed by atoms with Crippen molar-refractivity contribution in [2.75, 3.05) is 0 Å². The third kappa shape index (κ3) is 10.2. The van der Waals surface area contributed by atoms with E-state index < -0.39 is 0 Å². The molecule has 58 valence electrons. The van der Waals surface area contributed by atoms with Crippen molar-refractivity contribution in [1.82, 2.24) is 0 Å². The average molecular weight is 139 g/mol. The second-order valence-electron chi connectivity index (χ2n) is 1.45. The SMILES string of the molecule is C=CN=C(C)/C=C\C.CC. The minimum absolute atomic E-state index is 0.988. The van der Waals surface area contributed by atoms with Gasteiger partial charge in [0, 0.05) is 11.9 Å². The highest BCUT2D eigenvalue weighted by Gasteiger charge is 1.73. The van der Waals surface area contributed by atoms with Gasteiger partial charge in [-0.1, -0.05) is 26.5 Å². The summed E-state index contributed by atoms with van der Waals surface area (Å²) in [5.74, 6) is 0. The standard InChI is InChI=1S/C7H11N.C2H6/c1-4-6-7(3)8-5-2;1-2/h4-6H,2H2,1,3H3;1-2H3/b6-4-,8-7?;. The molecule has 0 aromatic rings. The predicted octanol–water partition coefficient (Wildman–Crippen LogP) is 3.19. The van der Waals surface area contributed by atoms with E-state index in [9.17, 15) is 0 Å². The lowest BCUT2D eigenvalue weighted by atomic mass is 10.4. The number of nitrogens with zero attached hydrogens (tertiary/aromatic N) is 1. The molecule has 0 radical (unpaired) electrons. The first-order chi connectivity index (χ1) is 4.81. The molecule has 0 spiro atoms. The summed E-state index contributed by atoms with van der Waals surface area (Å²) in [5, 5.41) is 0. The number of aliphatic imine (C=N–C) groups is 1. The lowest BCUT2D eigenvalue weighted by Crippen LogP contribution is -1.79. The number of hydrogen-bond acceptors (Lipinski definition) is 1. The van der Waals surface area contributed by atoms with Gasteiger partial charge in [0.05, 0.1) is 0 Å². The second kappa shape index (κ2) is 11.0. The van der Waals surface area contributed by atoms with Gasteiger partial charge >= 0.3 is 0 Å². The van der Waals surface area contributed by atoms with E-state index in [0.29, 0.717) is 0 Å². The van der Waals surface area contributed by atoms with Gasteiger partial charge < -0.3 is 0 Å². The van der Waals surface area contributed by atoms with Crippen LogP contribution in [-0.2, 0) is 0 Å². The molecule has 0 aliphatic heterocycles. The minimum Gasteiger partial charge on any atom is -0.262 e. The molecular weight excluding hydrogens is 122 g/mol. The topological polar surface area (TPSA) is 12.4 Å². The lowest BCUT2D eigenvalue weighted by molar-refractivity contribution is 1.50. The van der Waals surface area contributed by atoms with Crippen molar-refractivity contribution in [2.24, 2.45) is 4.99 Å². The summed E-state index contributed by atoms with van der Waals surface area (Å²) in [4.78, 5) is 3.91. The summed E-state index contributed by atoms with van der Waals surface area (Å²) < 4.78 is 0. The maximum absolute atomic E-state index is 3.91. The first-order valence-corrected chi connectivity index (χ1v) is 3.59. The highest BCUT2D eigenvalue weighted by molar-refractivity contribution is 5.92. The normalized spacial score (nSPS) is 10.6. The molecule has 0 unspecified atom stereocenters. The summed E-state index contributed by atoms with van der Waals surface area (Å²) in [5.41, 5.74) is 0.988. The molecule has 0 N–H and O–H groups in total. The fraction of sp³-hybridized carbons (Fsp3) is 0.444. The maximum atomic E-state index is 3.91. The molecule has 10 heavy (non-hydrogen) atoms. The Morgan fingerprint density at radius 2 is 1.90 bits per heavy atom. The fourth-order valence-corrected chi connectivity index (χ4v) is 0.428. The molecule has 1 heteroatoms. The molecule has 1 nitrogen and oxygen atoms in total. The Labute approximate surface area is 64.2 Å². The van der Waals surface area contributed by atoms with E-state index in [1.807, 2.05) is 39.8 Å². The van der Waals surface area contributed by atoms with Crippen LogP contribution in [0.25, 0.3) is 0 Å². The Bertz CT molecular complexity index is 121. The molecule has 0 saturated carbocycles. The smallest absolute Gasteiger partial charge is 0.0369 e. The van der Waals surface area contributed by atoms with Crippen LogP contribution in [0.2, 0.25) is 0 Å². The van der Waals surface area contributed by atoms with Crippen LogP contribution in [0.3, 0.4) is 0 Å². The third-order valence-electron chi connectivity index (χ3n) is 0.703. The first-order valence-electron chi connectivity index (χ1n) is 3.59. The zero-order chi connectivity index (χ0) is 8.41. The van der Waals surface area contributed by atoms with E-state index in [1.54, 1.807) is 0 Å². The van der Waals surface area contributed by atoms with Crippen molar-refractivity contribution in [3.8, 4) is 0 Å². The molecule has 0 heterocycles. The summed E-state index contributed by atoms with van der Waals surface area (Å²) in [6, 6.07) is 0. The number of hydrogen-bond donors (Lipinski definition) is 0. The van der Waals surface area contributed by atoms with Crippen molar-refractivity contribution in [1.29, 1.82) is 0 Å². The Morgan fingerprint density at radius 3 is 2.20 bits per heavy atom. The minimum atomic E-state index is 0.988. The van der Waals surface area contributed by atoms with Gasteiger partial charge in [-0.25, -0.2) is 0 Å². The van der Waals surface area contributed by atoms with Gasteiger partial charge in [0.15, 0.2) is 0 Å². The second-order valence-corrected chi connectivity index (χ2v) is 1.45. The van der Waals surface area contributed by atoms with Crippen LogP contribution >= 0.6 is 0 Å². The molecule has 0 bridgehead atoms. The Hall–Kier alpha value is -0.850. The summed E-state index contributed by atoms with van der Waals surface area (Å²) >= 11 is 0. The van der Waals surface area contributed by atoms with Crippen LogP contribution in [0.5, 0.6) is 0 Å². The molecule has 0 aliphatic rings. The van der Waals surface area contributed by atoms with Crippen molar-refractivity contribution in [3.05, 3.63) is 24.9 Å². The van der Waals surface area contributed by atoms with Gasteiger partial charge in [0.1, 0.15) is 0 Å². The predicted molar refractivity (Wildman–Crippen MR) is 49.5 cm³/mol. The summed E-state index contributed by atoms with van der Waals surface area (Å²) in [6.07, 6.45) is 5.42. The Kier molecular flexibility index (Phi) is 13.1.